The molecular formula is C16H25BrClN. The number of benzene rings is 1. The lowest BCUT2D eigenvalue weighted by Gasteiger charge is -2.26. The van der Waals surface area contributed by atoms with Crippen molar-refractivity contribution in [3.05, 3.63) is 33.3 Å². The number of hydrogen-bond acceptors (Lipinski definition) is 1. The van der Waals surface area contributed by atoms with Crippen molar-refractivity contribution in [2.24, 2.45) is 5.92 Å². The van der Waals surface area contributed by atoms with Gasteiger partial charge in [0.1, 0.15) is 0 Å². The molecule has 0 saturated heterocycles. The fourth-order valence-corrected chi connectivity index (χ4v) is 3.34. The highest BCUT2D eigenvalue weighted by molar-refractivity contribution is 9.10. The summed E-state index contributed by atoms with van der Waals surface area (Å²) in [6.07, 6.45) is 6.11. The Labute approximate surface area is 131 Å². The summed E-state index contributed by atoms with van der Waals surface area (Å²) in [4.78, 5) is 0. The summed E-state index contributed by atoms with van der Waals surface area (Å²) < 4.78 is 1.04. The van der Waals surface area contributed by atoms with Crippen LogP contribution in [0.25, 0.3) is 0 Å². The van der Waals surface area contributed by atoms with Gasteiger partial charge >= 0.3 is 0 Å². The first kappa shape index (κ1) is 17.0. The summed E-state index contributed by atoms with van der Waals surface area (Å²) in [6.45, 7) is 4.54. The summed E-state index contributed by atoms with van der Waals surface area (Å²) in [5.74, 6) is 0.727. The molecule has 0 saturated carbocycles. The lowest BCUT2D eigenvalue weighted by molar-refractivity contribution is 0.330. The van der Waals surface area contributed by atoms with E-state index >= 15 is 0 Å². The standard InChI is InChI=1S/C16H25BrClN/c1-4-6-7-12(5-2)16(19-3)10-13-8-9-14(17)11-15(13)18/h8-9,11-12,16,19H,4-7,10H2,1-3H3. The average molecular weight is 347 g/mol. The van der Waals surface area contributed by atoms with E-state index in [9.17, 15) is 0 Å². The van der Waals surface area contributed by atoms with E-state index in [0.717, 1.165) is 21.8 Å². The number of unbranched alkanes of at least 4 members (excludes halogenated alkanes) is 1. The first-order chi connectivity index (χ1) is 9.12. The van der Waals surface area contributed by atoms with Crippen molar-refractivity contribution in [1.29, 1.82) is 0 Å². The predicted octanol–water partition coefficient (Wildman–Crippen LogP) is 5.45. The molecule has 0 fully saturated rings. The zero-order chi connectivity index (χ0) is 14.3. The molecule has 1 rings (SSSR count). The van der Waals surface area contributed by atoms with Crippen LogP contribution in [-0.2, 0) is 6.42 Å². The molecule has 1 nitrogen and oxygen atoms in total. The molecule has 0 aromatic heterocycles. The predicted molar refractivity (Wildman–Crippen MR) is 89.0 cm³/mol. The Morgan fingerprint density at radius 1 is 1.32 bits per heavy atom. The Hall–Kier alpha value is -0.0500. The van der Waals surface area contributed by atoms with Crippen LogP contribution in [-0.4, -0.2) is 13.1 Å². The average Bonchev–Trinajstić information content (AvgIpc) is 2.40. The minimum Gasteiger partial charge on any atom is -0.316 e. The molecule has 2 unspecified atom stereocenters. The summed E-state index contributed by atoms with van der Waals surface area (Å²) >= 11 is 9.78. The second-order valence-corrected chi connectivity index (χ2v) is 6.47. The molecule has 0 heterocycles. The monoisotopic (exact) mass is 345 g/mol. The van der Waals surface area contributed by atoms with Gasteiger partial charge in [0.25, 0.3) is 0 Å². The second-order valence-electron chi connectivity index (χ2n) is 5.15. The van der Waals surface area contributed by atoms with Crippen LogP contribution >= 0.6 is 27.5 Å². The van der Waals surface area contributed by atoms with E-state index in [1.165, 1.54) is 31.2 Å². The molecule has 0 amide bonds. The topological polar surface area (TPSA) is 12.0 Å². The second kappa shape index (κ2) is 8.99. The smallest absolute Gasteiger partial charge is 0.0449 e. The third-order valence-corrected chi connectivity index (χ3v) is 4.69. The van der Waals surface area contributed by atoms with Crippen LogP contribution in [0, 0.1) is 5.92 Å². The minimum atomic E-state index is 0.509. The van der Waals surface area contributed by atoms with Gasteiger partial charge in [-0.2, -0.15) is 0 Å². The van der Waals surface area contributed by atoms with E-state index in [1.54, 1.807) is 0 Å². The van der Waals surface area contributed by atoms with E-state index in [2.05, 4.69) is 54.3 Å². The van der Waals surface area contributed by atoms with Crippen molar-refractivity contribution < 1.29 is 0 Å². The number of nitrogens with one attached hydrogen (secondary N) is 1. The maximum Gasteiger partial charge on any atom is 0.0449 e. The van der Waals surface area contributed by atoms with Gasteiger partial charge in [-0.15, -0.1) is 0 Å². The highest BCUT2D eigenvalue weighted by Gasteiger charge is 2.19. The lowest BCUT2D eigenvalue weighted by atomic mass is 9.87. The molecule has 3 heteroatoms. The molecule has 1 aromatic carbocycles. The van der Waals surface area contributed by atoms with Crippen molar-refractivity contribution in [2.75, 3.05) is 7.05 Å². The first-order valence-electron chi connectivity index (χ1n) is 7.23. The van der Waals surface area contributed by atoms with Gasteiger partial charge in [0.05, 0.1) is 0 Å². The van der Waals surface area contributed by atoms with Crippen LogP contribution in [0.2, 0.25) is 5.02 Å². The highest BCUT2D eigenvalue weighted by atomic mass is 79.9. The van der Waals surface area contributed by atoms with Crippen LogP contribution < -0.4 is 5.32 Å². The Morgan fingerprint density at radius 3 is 2.58 bits per heavy atom. The Balaban J connectivity index is 2.73. The van der Waals surface area contributed by atoms with Gasteiger partial charge in [-0.05, 0) is 43.5 Å². The summed E-state index contributed by atoms with van der Waals surface area (Å²) in [6, 6.07) is 6.69. The van der Waals surface area contributed by atoms with Gasteiger partial charge in [-0.1, -0.05) is 66.7 Å². The molecule has 2 atom stereocenters. The van der Waals surface area contributed by atoms with Crippen molar-refractivity contribution >= 4 is 27.5 Å². The third kappa shape index (κ3) is 5.45. The van der Waals surface area contributed by atoms with E-state index in [1.807, 2.05) is 6.07 Å². The van der Waals surface area contributed by atoms with Gasteiger partial charge in [0.15, 0.2) is 0 Å². The maximum atomic E-state index is 6.33. The molecule has 1 N–H and O–H groups in total. The van der Waals surface area contributed by atoms with E-state index in [4.69, 9.17) is 11.6 Å². The van der Waals surface area contributed by atoms with Crippen molar-refractivity contribution in [3.8, 4) is 0 Å². The summed E-state index contributed by atoms with van der Waals surface area (Å²) in [7, 11) is 2.06. The largest absolute Gasteiger partial charge is 0.316 e. The number of rotatable bonds is 8. The van der Waals surface area contributed by atoms with Gasteiger partial charge in [-0.25, -0.2) is 0 Å². The zero-order valence-electron chi connectivity index (χ0n) is 12.2. The number of hydrogen-bond donors (Lipinski definition) is 1. The number of likely N-dealkylation sites (N-methyl/N-ethyl adjacent to an activating group) is 1. The Bertz CT molecular complexity index is 381. The fraction of sp³-hybridized carbons (Fsp3) is 0.625. The molecule has 0 aliphatic carbocycles. The number of halogens is 2. The molecule has 0 spiro atoms. The minimum absolute atomic E-state index is 0.509. The third-order valence-electron chi connectivity index (χ3n) is 3.85. The molecule has 1 aromatic rings. The van der Waals surface area contributed by atoms with Crippen LogP contribution in [0.5, 0.6) is 0 Å². The zero-order valence-corrected chi connectivity index (χ0v) is 14.5. The molecule has 0 bridgehead atoms. The molecule has 0 aliphatic rings. The molecule has 0 aliphatic heterocycles. The first-order valence-corrected chi connectivity index (χ1v) is 8.40. The van der Waals surface area contributed by atoms with E-state index in [-0.39, 0.29) is 0 Å². The van der Waals surface area contributed by atoms with Crippen molar-refractivity contribution in [1.82, 2.24) is 5.32 Å². The van der Waals surface area contributed by atoms with Crippen molar-refractivity contribution in [3.63, 3.8) is 0 Å². The van der Waals surface area contributed by atoms with Crippen LogP contribution in [0.3, 0.4) is 0 Å². The normalized spacial score (nSPS) is 14.4. The van der Waals surface area contributed by atoms with Gasteiger partial charge in [0, 0.05) is 15.5 Å². The van der Waals surface area contributed by atoms with Crippen LogP contribution in [0.15, 0.2) is 22.7 Å². The lowest BCUT2D eigenvalue weighted by Crippen LogP contribution is -2.35. The molecule has 108 valence electrons. The van der Waals surface area contributed by atoms with E-state index < -0.39 is 0 Å². The van der Waals surface area contributed by atoms with Gasteiger partial charge in [0.2, 0.25) is 0 Å². The molecule has 0 radical (unpaired) electrons. The molecule has 19 heavy (non-hydrogen) atoms. The summed E-state index contributed by atoms with van der Waals surface area (Å²) in [5.41, 5.74) is 1.24. The molecular weight excluding hydrogens is 322 g/mol. The summed E-state index contributed by atoms with van der Waals surface area (Å²) in [5, 5.41) is 4.34. The Morgan fingerprint density at radius 2 is 2.05 bits per heavy atom. The van der Waals surface area contributed by atoms with Crippen LogP contribution in [0.1, 0.15) is 45.1 Å². The Kier molecular flexibility index (Phi) is 8.05. The highest BCUT2D eigenvalue weighted by Crippen LogP contribution is 2.26. The quantitative estimate of drug-likeness (QED) is 0.660. The maximum absolute atomic E-state index is 6.33. The SMILES string of the molecule is CCCCC(CC)C(Cc1ccc(Br)cc1Cl)NC. The fourth-order valence-electron chi connectivity index (χ4n) is 2.58. The van der Waals surface area contributed by atoms with Gasteiger partial charge in [-0.3, -0.25) is 0 Å². The van der Waals surface area contributed by atoms with Gasteiger partial charge < -0.3 is 5.32 Å². The van der Waals surface area contributed by atoms with E-state index in [0.29, 0.717) is 6.04 Å². The van der Waals surface area contributed by atoms with Crippen molar-refractivity contribution in [2.45, 2.75) is 52.0 Å². The van der Waals surface area contributed by atoms with Crippen LogP contribution in [0.4, 0.5) is 0 Å².